The highest BCUT2D eigenvalue weighted by Gasteiger charge is 2.20. The van der Waals surface area contributed by atoms with E-state index in [1.165, 1.54) is 12.0 Å². The van der Waals surface area contributed by atoms with Crippen molar-refractivity contribution in [1.82, 2.24) is 9.88 Å². The number of oxazole rings is 1. The summed E-state index contributed by atoms with van der Waals surface area (Å²) < 4.78 is 21.2. The van der Waals surface area contributed by atoms with Gasteiger partial charge >= 0.3 is 12.1 Å². The quantitative estimate of drug-likeness (QED) is 0.166. The van der Waals surface area contributed by atoms with E-state index in [4.69, 9.17) is 18.6 Å². The second-order valence-corrected chi connectivity index (χ2v) is 9.28. The number of carbonyl (C=O) groups excluding carboxylic acids is 2. The Hall–Kier alpha value is -4.85. The van der Waals surface area contributed by atoms with E-state index in [9.17, 15) is 9.59 Å². The number of carbonyl (C=O) groups is 2. The van der Waals surface area contributed by atoms with Crippen LogP contribution in [0.1, 0.15) is 22.6 Å². The molecule has 0 N–H and O–H groups in total. The monoisotopic (exact) mass is 540 g/mol. The van der Waals surface area contributed by atoms with Crippen LogP contribution >= 0.6 is 0 Å². The van der Waals surface area contributed by atoms with Crippen LogP contribution in [-0.2, 0) is 28.9 Å². The minimum atomic E-state index is -0.661. The first-order chi connectivity index (χ1) is 19.3. The molecule has 3 aromatic carbocycles. The van der Waals surface area contributed by atoms with Gasteiger partial charge in [-0.3, -0.25) is 9.69 Å². The lowest BCUT2D eigenvalue weighted by atomic mass is 10.0. The molecule has 8 heteroatoms. The fourth-order valence-electron chi connectivity index (χ4n) is 4.08. The molecule has 206 valence electrons. The fourth-order valence-corrected chi connectivity index (χ4v) is 4.08. The zero-order valence-electron chi connectivity index (χ0n) is 22.9. The summed E-state index contributed by atoms with van der Waals surface area (Å²) in [7, 11) is 2.83. The molecule has 1 heterocycles. The molecule has 0 fully saturated rings. The molecular formula is C32H32N2O6. The lowest BCUT2D eigenvalue weighted by Crippen LogP contribution is -2.37. The van der Waals surface area contributed by atoms with Crippen molar-refractivity contribution < 1.29 is 28.2 Å². The third kappa shape index (κ3) is 7.60. The van der Waals surface area contributed by atoms with Crippen LogP contribution in [0.4, 0.5) is 4.79 Å². The van der Waals surface area contributed by atoms with Crippen molar-refractivity contribution in [3.8, 4) is 23.0 Å². The molecule has 40 heavy (non-hydrogen) atoms. The van der Waals surface area contributed by atoms with Gasteiger partial charge in [-0.1, -0.05) is 54.6 Å². The first-order valence-electron chi connectivity index (χ1n) is 12.8. The average Bonchev–Trinajstić information content (AvgIpc) is 3.34. The average molecular weight is 541 g/mol. The van der Waals surface area contributed by atoms with E-state index in [1.807, 2.05) is 61.5 Å². The van der Waals surface area contributed by atoms with Gasteiger partial charge in [0.2, 0.25) is 5.89 Å². The van der Waals surface area contributed by atoms with Gasteiger partial charge in [-0.25, -0.2) is 9.78 Å². The SMILES string of the molecule is C=C(Cc1ccc(CN(CC(=O)OC)C(=O)Oc2ccc(OC)cc2)cc1)Cc1nc(-c2ccccc2)oc1C. The van der Waals surface area contributed by atoms with Gasteiger partial charge in [0.05, 0.1) is 19.9 Å². The Balaban J connectivity index is 1.37. The number of amides is 1. The normalized spacial score (nSPS) is 10.6. The summed E-state index contributed by atoms with van der Waals surface area (Å²) in [5.41, 5.74) is 4.71. The van der Waals surface area contributed by atoms with Crippen molar-refractivity contribution in [1.29, 1.82) is 0 Å². The molecular weight excluding hydrogens is 508 g/mol. The van der Waals surface area contributed by atoms with Gasteiger partial charge in [0.1, 0.15) is 23.8 Å². The molecule has 8 nitrogen and oxygen atoms in total. The van der Waals surface area contributed by atoms with E-state index in [0.717, 1.165) is 33.7 Å². The second kappa shape index (κ2) is 13.3. The van der Waals surface area contributed by atoms with E-state index in [0.29, 0.717) is 30.2 Å². The molecule has 1 amide bonds. The number of ether oxygens (including phenoxy) is 3. The highest BCUT2D eigenvalue weighted by atomic mass is 16.6. The number of hydrogen-bond donors (Lipinski definition) is 0. The van der Waals surface area contributed by atoms with E-state index >= 15 is 0 Å². The van der Waals surface area contributed by atoms with Crippen molar-refractivity contribution in [2.24, 2.45) is 0 Å². The molecule has 1 aromatic heterocycles. The van der Waals surface area contributed by atoms with Crippen molar-refractivity contribution >= 4 is 12.1 Å². The smallest absolute Gasteiger partial charge is 0.416 e. The van der Waals surface area contributed by atoms with Crippen molar-refractivity contribution in [3.63, 3.8) is 0 Å². The van der Waals surface area contributed by atoms with Gasteiger partial charge in [-0.15, -0.1) is 0 Å². The molecule has 0 saturated carbocycles. The standard InChI is InChI=1S/C32H32N2O6/c1-22(19-29-23(2)39-31(33-29)26-8-6-5-7-9-26)18-24-10-12-25(13-11-24)20-34(21-30(35)38-4)32(36)40-28-16-14-27(37-3)15-17-28/h5-17H,1,18-21H2,2-4H3. The maximum absolute atomic E-state index is 12.9. The first-order valence-corrected chi connectivity index (χ1v) is 12.8. The Morgan fingerprint density at radius 1 is 0.875 bits per heavy atom. The van der Waals surface area contributed by atoms with Crippen molar-refractivity contribution in [2.75, 3.05) is 20.8 Å². The number of allylic oxidation sites excluding steroid dienone is 1. The zero-order chi connectivity index (χ0) is 28.5. The number of nitrogens with zero attached hydrogens (tertiary/aromatic N) is 2. The summed E-state index contributed by atoms with van der Waals surface area (Å²) >= 11 is 0. The number of benzene rings is 3. The maximum Gasteiger partial charge on any atom is 0.416 e. The number of aromatic nitrogens is 1. The lowest BCUT2D eigenvalue weighted by Gasteiger charge is -2.21. The van der Waals surface area contributed by atoms with Crippen LogP contribution in [-0.4, -0.2) is 42.7 Å². The molecule has 0 aliphatic carbocycles. The minimum Gasteiger partial charge on any atom is -0.497 e. The van der Waals surface area contributed by atoms with Crippen LogP contribution in [0.5, 0.6) is 11.5 Å². The molecule has 0 saturated heterocycles. The number of rotatable bonds is 11. The Morgan fingerprint density at radius 3 is 2.17 bits per heavy atom. The van der Waals surface area contributed by atoms with Gasteiger partial charge in [0.15, 0.2) is 0 Å². The van der Waals surface area contributed by atoms with E-state index < -0.39 is 12.1 Å². The van der Waals surface area contributed by atoms with Gasteiger partial charge < -0.3 is 18.6 Å². The highest BCUT2D eigenvalue weighted by molar-refractivity contribution is 5.79. The van der Waals surface area contributed by atoms with Crippen LogP contribution in [0.15, 0.2) is 95.4 Å². The summed E-state index contributed by atoms with van der Waals surface area (Å²) in [6.45, 7) is 6.09. The molecule has 0 aliphatic heterocycles. The number of aryl methyl sites for hydroxylation is 1. The predicted molar refractivity (Wildman–Crippen MR) is 151 cm³/mol. The van der Waals surface area contributed by atoms with E-state index in [2.05, 4.69) is 11.6 Å². The third-order valence-electron chi connectivity index (χ3n) is 6.25. The number of hydrogen-bond acceptors (Lipinski definition) is 7. The summed E-state index contributed by atoms with van der Waals surface area (Å²) in [6.07, 6.45) is 0.609. The lowest BCUT2D eigenvalue weighted by molar-refractivity contribution is -0.141. The van der Waals surface area contributed by atoms with Crippen LogP contribution in [0, 0.1) is 6.92 Å². The second-order valence-electron chi connectivity index (χ2n) is 9.28. The molecule has 0 bridgehead atoms. The van der Waals surface area contributed by atoms with E-state index in [-0.39, 0.29) is 13.1 Å². The Bertz CT molecular complexity index is 1440. The largest absolute Gasteiger partial charge is 0.497 e. The zero-order valence-corrected chi connectivity index (χ0v) is 22.9. The van der Waals surface area contributed by atoms with Crippen LogP contribution < -0.4 is 9.47 Å². The van der Waals surface area contributed by atoms with Crippen molar-refractivity contribution in [2.45, 2.75) is 26.3 Å². The van der Waals surface area contributed by atoms with Gasteiger partial charge in [0.25, 0.3) is 0 Å². The Labute approximate surface area is 233 Å². The molecule has 4 aromatic rings. The summed E-state index contributed by atoms with van der Waals surface area (Å²) in [4.78, 5) is 30.8. The summed E-state index contributed by atoms with van der Waals surface area (Å²) in [6, 6.07) is 24.2. The van der Waals surface area contributed by atoms with E-state index in [1.54, 1.807) is 31.4 Å². The summed E-state index contributed by atoms with van der Waals surface area (Å²) in [5, 5.41) is 0. The maximum atomic E-state index is 12.9. The molecule has 0 radical (unpaired) electrons. The van der Waals surface area contributed by atoms with Crippen molar-refractivity contribution in [3.05, 3.63) is 114 Å². The van der Waals surface area contributed by atoms with Gasteiger partial charge in [0, 0.05) is 18.5 Å². The minimum absolute atomic E-state index is 0.172. The van der Waals surface area contributed by atoms with Crippen LogP contribution in [0.3, 0.4) is 0 Å². The molecule has 4 rings (SSSR count). The third-order valence-corrected chi connectivity index (χ3v) is 6.25. The van der Waals surface area contributed by atoms with Gasteiger partial charge in [-0.2, -0.15) is 0 Å². The predicted octanol–water partition coefficient (Wildman–Crippen LogP) is 6.17. The number of methoxy groups -OCH3 is 2. The van der Waals surface area contributed by atoms with Crippen LogP contribution in [0.25, 0.3) is 11.5 Å². The fraction of sp³-hybridized carbons (Fsp3) is 0.219. The van der Waals surface area contributed by atoms with Gasteiger partial charge in [-0.05, 0) is 60.9 Å². The summed E-state index contributed by atoms with van der Waals surface area (Å²) in [5.74, 6) is 1.82. The Morgan fingerprint density at radius 2 is 1.52 bits per heavy atom. The highest BCUT2D eigenvalue weighted by Crippen LogP contribution is 2.24. The Kier molecular flexibility index (Phi) is 9.35. The molecule has 0 unspecified atom stereocenters. The topological polar surface area (TPSA) is 91.1 Å². The van der Waals surface area contributed by atoms with Crippen LogP contribution in [0.2, 0.25) is 0 Å². The molecule has 0 spiro atoms. The molecule has 0 aliphatic rings. The first kappa shape index (κ1) is 28.2. The number of esters is 1. The molecule has 0 atom stereocenters.